The summed E-state index contributed by atoms with van der Waals surface area (Å²) in [6.07, 6.45) is 0. The molecule has 1 aliphatic rings. The van der Waals surface area contributed by atoms with Gasteiger partial charge in [-0.3, -0.25) is 5.10 Å². The predicted octanol–water partition coefficient (Wildman–Crippen LogP) is 5.99. The largest absolute Gasteiger partial charge is 0.503 e. The lowest BCUT2D eigenvalue weighted by molar-refractivity contribution is 0.358. The molecule has 1 aliphatic heterocycles. The second-order valence-electron chi connectivity index (χ2n) is 8.86. The predicted molar refractivity (Wildman–Crippen MR) is 147 cm³/mol. The molecule has 0 radical (unpaired) electrons. The van der Waals surface area contributed by atoms with Crippen molar-refractivity contribution in [2.45, 2.75) is 0 Å². The second kappa shape index (κ2) is 10.8. The average molecular weight is 587 g/mol. The number of pyridine rings is 1. The van der Waals surface area contributed by atoms with Crippen LogP contribution in [0.5, 0.6) is 5.75 Å². The fourth-order valence-corrected chi connectivity index (χ4v) is 5.55. The maximum absolute atomic E-state index is 15.0. The van der Waals surface area contributed by atoms with Crippen molar-refractivity contribution in [3.8, 4) is 44.8 Å². The molecular weight excluding hydrogens is 568 g/mol. The highest BCUT2D eigenvalue weighted by Gasteiger charge is 2.31. The lowest BCUT2D eigenvalue weighted by Crippen LogP contribution is -2.43. The molecule has 0 bridgehead atoms. The van der Waals surface area contributed by atoms with E-state index < -0.39 is 40.3 Å². The van der Waals surface area contributed by atoms with Gasteiger partial charge in [0.2, 0.25) is 11.6 Å². The van der Waals surface area contributed by atoms with Crippen molar-refractivity contribution >= 4 is 40.5 Å². The van der Waals surface area contributed by atoms with E-state index in [1.165, 1.54) is 11.3 Å². The summed E-state index contributed by atoms with van der Waals surface area (Å²) < 4.78 is 58.7. The van der Waals surface area contributed by atoms with Gasteiger partial charge in [0.15, 0.2) is 23.0 Å². The molecule has 5 aromatic rings. The van der Waals surface area contributed by atoms with Crippen molar-refractivity contribution in [1.29, 1.82) is 5.26 Å². The minimum absolute atomic E-state index is 0. The van der Waals surface area contributed by atoms with Gasteiger partial charge in [-0.1, -0.05) is 18.2 Å². The van der Waals surface area contributed by atoms with E-state index in [0.29, 0.717) is 16.6 Å². The Hall–Kier alpha value is -4.18. The molecule has 4 heterocycles. The highest BCUT2D eigenvalue weighted by molar-refractivity contribution is 7.13. The van der Waals surface area contributed by atoms with Gasteiger partial charge in [0, 0.05) is 37.4 Å². The van der Waals surface area contributed by atoms with Gasteiger partial charge in [-0.2, -0.15) is 19.1 Å². The number of nitrogens with zero attached hydrogens (tertiary/aromatic N) is 4. The molecule has 204 valence electrons. The molecule has 0 atom stereocenters. The quantitative estimate of drug-likeness (QED) is 0.177. The number of phenolic OH excluding ortho intramolecular Hbond substituents is 1. The molecule has 0 saturated carbocycles. The summed E-state index contributed by atoms with van der Waals surface area (Å²) in [6.45, 7) is 3.30. The number of aromatic nitrogens is 3. The van der Waals surface area contributed by atoms with Crippen LogP contribution in [0, 0.1) is 34.6 Å². The van der Waals surface area contributed by atoms with Crippen LogP contribution < -0.4 is 10.2 Å². The van der Waals surface area contributed by atoms with E-state index in [2.05, 4.69) is 25.4 Å². The standard InChI is InChI=1S/C27H18F4N6OS.ClH/c28-20-19(21(29)23(31)26(38)22(20)30)24-15(12-32)17(13-3-5-14(6-4-13)37-9-7-33-8-10-37)18-25(16-2-1-11-39-16)35-36-27(18)34-24;/h1-6,11,33,38H,7-10H2,(H,34,35,36);1H. The van der Waals surface area contributed by atoms with Gasteiger partial charge in [0.05, 0.1) is 32.8 Å². The molecule has 3 N–H and O–H groups in total. The summed E-state index contributed by atoms with van der Waals surface area (Å²) in [5, 5.41) is 32.4. The van der Waals surface area contributed by atoms with Crippen LogP contribution in [0.25, 0.3) is 44.0 Å². The Morgan fingerprint density at radius 1 is 0.950 bits per heavy atom. The van der Waals surface area contributed by atoms with Crippen molar-refractivity contribution in [2.75, 3.05) is 31.1 Å². The SMILES string of the molecule is Cl.N#Cc1c(-c2c(F)c(F)c(O)c(F)c2F)nc2n[nH]c(-c3cccs3)c2c1-c1ccc(N2CCNCC2)cc1. The summed E-state index contributed by atoms with van der Waals surface area (Å²) in [5.41, 5.74) is 0.0764. The summed E-state index contributed by atoms with van der Waals surface area (Å²) >= 11 is 1.40. The smallest absolute Gasteiger partial charge is 0.204 e. The molecule has 1 fully saturated rings. The van der Waals surface area contributed by atoms with Gasteiger partial charge >= 0.3 is 0 Å². The van der Waals surface area contributed by atoms with Crippen LogP contribution in [0.1, 0.15) is 5.56 Å². The van der Waals surface area contributed by atoms with Crippen molar-refractivity contribution < 1.29 is 22.7 Å². The van der Waals surface area contributed by atoms with Gasteiger partial charge < -0.3 is 15.3 Å². The van der Waals surface area contributed by atoms with E-state index in [9.17, 15) is 27.9 Å². The van der Waals surface area contributed by atoms with Crippen LogP contribution in [-0.2, 0) is 0 Å². The molecule has 0 spiro atoms. The number of anilines is 1. The first-order chi connectivity index (χ1) is 18.9. The second-order valence-corrected chi connectivity index (χ2v) is 9.81. The Morgan fingerprint density at radius 3 is 2.23 bits per heavy atom. The minimum Gasteiger partial charge on any atom is -0.503 e. The van der Waals surface area contributed by atoms with Crippen LogP contribution in [0.15, 0.2) is 41.8 Å². The third-order valence-corrected chi connectivity index (χ3v) is 7.58. The first kappa shape index (κ1) is 27.4. The van der Waals surface area contributed by atoms with Crippen molar-refractivity contribution in [3.05, 3.63) is 70.6 Å². The molecule has 0 aliphatic carbocycles. The topological polar surface area (TPSA) is 101 Å². The van der Waals surface area contributed by atoms with Crippen LogP contribution in [0.3, 0.4) is 0 Å². The molecule has 1 saturated heterocycles. The van der Waals surface area contributed by atoms with Crippen LogP contribution in [-0.4, -0.2) is 46.5 Å². The van der Waals surface area contributed by atoms with Gasteiger partial charge in [0.1, 0.15) is 6.07 Å². The Morgan fingerprint density at radius 2 is 1.62 bits per heavy atom. The lowest BCUT2D eigenvalue weighted by atomic mass is 9.92. The first-order valence-electron chi connectivity index (χ1n) is 11.9. The number of halogens is 5. The molecule has 2 aromatic carbocycles. The van der Waals surface area contributed by atoms with Crippen molar-refractivity contribution in [3.63, 3.8) is 0 Å². The summed E-state index contributed by atoms with van der Waals surface area (Å²) in [6, 6.07) is 12.9. The van der Waals surface area contributed by atoms with Crippen molar-refractivity contribution in [1.82, 2.24) is 20.5 Å². The molecular formula is C27H19ClF4N6OS. The fourth-order valence-electron chi connectivity index (χ4n) is 4.82. The van der Waals surface area contributed by atoms with Crippen molar-refractivity contribution in [2.24, 2.45) is 0 Å². The minimum atomic E-state index is -1.99. The molecule has 0 unspecified atom stereocenters. The van der Waals surface area contributed by atoms with Gasteiger partial charge in [-0.05, 0) is 29.1 Å². The zero-order chi connectivity index (χ0) is 27.3. The fraction of sp³-hybridized carbons (Fsp3) is 0.148. The number of hydrogen-bond acceptors (Lipinski definition) is 7. The normalized spacial score (nSPS) is 13.3. The third-order valence-electron chi connectivity index (χ3n) is 6.70. The van der Waals surface area contributed by atoms with Gasteiger partial charge in [-0.25, -0.2) is 13.8 Å². The number of aromatic hydroxyl groups is 1. The van der Waals surface area contributed by atoms with E-state index in [0.717, 1.165) is 36.7 Å². The Balaban J connectivity index is 0.00000323. The van der Waals surface area contributed by atoms with Crippen LogP contribution in [0.4, 0.5) is 23.2 Å². The zero-order valence-corrected chi connectivity index (χ0v) is 22.1. The van der Waals surface area contributed by atoms with E-state index in [-0.39, 0.29) is 29.2 Å². The molecule has 7 nitrogen and oxygen atoms in total. The molecule has 40 heavy (non-hydrogen) atoms. The highest BCUT2D eigenvalue weighted by Crippen LogP contribution is 2.44. The van der Waals surface area contributed by atoms with Crippen LogP contribution >= 0.6 is 23.7 Å². The summed E-state index contributed by atoms with van der Waals surface area (Å²) in [4.78, 5) is 7.15. The number of piperazine rings is 1. The Kier molecular flexibility index (Phi) is 7.37. The number of hydrogen-bond donors (Lipinski definition) is 3. The number of H-pyrrole nitrogens is 1. The lowest BCUT2D eigenvalue weighted by Gasteiger charge is -2.29. The number of aromatic amines is 1. The zero-order valence-electron chi connectivity index (χ0n) is 20.4. The van der Waals surface area contributed by atoms with E-state index in [1.807, 2.05) is 35.7 Å². The van der Waals surface area contributed by atoms with Gasteiger partial charge in [-0.15, -0.1) is 23.7 Å². The first-order valence-corrected chi connectivity index (χ1v) is 12.8. The number of thiophene rings is 1. The number of benzene rings is 2. The maximum atomic E-state index is 15.0. The average Bonchev–Trinajstić information content (AvgIpc) is 3.65. The molecule has 3 aromatic heterocycles. The number of nitriles is 1. The summed E-state index contributed by atoms with van der Waals surface area (Å²) in [5.74, 6) is -9.51. The van der Waals surface area contributed by atoms with Crippen LogP contribution in [0.2, 0.25) is 0 Å². The Bertz CT molecular complexity index is 1730. The van der Waals surface area contributed by atoms with E-state index >= 15 is 0 Å². The number of phenols is 1. The van der Waals surface area contributed by atoms with E-state index in [1.54, 1.807) is 12.1 Å². The number of nitrogens with one attached hydrogen (secondary N) is 2. The third kappa shape index (κ3) is 4.32. The highest BCUT2D eigenvalue weighted by atomic mass is 35.5. The number of rotatable bonds is 4. The van der Waals surface area contributed by atoms with Gasteiger partial charge in [0.25, 0.3) is 0 Å². The number of fused-ring (bicyclic) bond motifs is 1. The summed E-state index contributed by atoms with van der Waals surface area (Å²) in [7, 11) is 0. The monoisotopic (exact) mass is 586 g/mol. The molecule has 0 amide bonds. The molecule has 13 heteroatoms. The van der Waals surface area contributed by atoms with E-state index in [4.69, 9.17) is 0 Å². The maximum Gasteiger partial charge on any atom is 0.204 e. The molecule has 6 rings (SSSR count). The Labute approximate surface area is 235 Å².